The van der Waals surface area contributed by atoms with Gasteiger partial charge in [0.2, 0.25) is 0 Å². The molecule has 0 radical (unpaired) electrons. The Hall–Kier alpha value is -0.580. The molecule has 0 aromatic carbocycles. The van der Waals surface area contributed by atoms with E-state index in [1.54, 1.807) is 0 Å². The fourth-order valence-corrected chi connectivity index (χ4v) is 4.07. The number of nitrogens with zero attached hydrogens (tertiary/aromatic N) is 2. The topological polar surface area (TPSA) is 41.2 Å². The molecule has 0 aliphatic carbocycles. The van der Waals surface area contributed by atoms with Crippen molar-refractivity contribution in [2.75, 3.05) is 7.11 Å². The molecule has 2 bridgehead atoms. The fourth-order valence-electron chi connectivity index (χ4n) is 3.86. The first-order valence-corrected chi connectivity index (χ1v) is 8.60. The number of aromatic nitrogens is 2. The van der Waals surface area contributed by atoms with Gasteiger partial charge in [-0.15, -0.1) is 0 Å². The van der Waals surface area contributed by atoms with Crippen LogP contribution in [0.2, 0.25) is 5.15 Å². The number of H-pyrrole nitrogens is 1. The molecule has 0 spiro atoms. The van der Waals surface area contributed by atoms with Gasteiger partial charge in [-0.05, 0) is 32.1 Å². The van der Waals surface area contributed by atoms with Crippen LogP contribution in [0.4, 0.5) is 0 Å². The smallest absolute Gasteiger partial charge is 0.151 e. The maximum Gasteiger partial charge on any atom is 0.151 e. The average Bonchev–Trinajstić information content (AvgIpc) is 2.93. The highest BCUT2D eigenvalue weighted by Crippen LogP contribution is 2.38. The molecule has 2 saturated heterocycles. The summed E-state index contributed by atoms with van der Waals surface area (Å²) in [5, 5.41) is 0.661. The third-order valence-corrected chi connectivity index (χ3v) is 5.37. The van der Waals surface area contributed by atoms with Gasteiger partial charge in [-0.2, -0.15) is 0 Å². The lowest BCUT2D eigenvalue weighted by Crippen LogP contribution is -2.44. The minimum Gasteiger partial charge on any atom is -0.381 e. The van der Waals surface area contributed by atoms with Crippen molar-refractivity contribution in [3.63, 3.8) is 0 Å². The van der Waals surface area contributed by atoms with E-state index in [9.17, 15) is 0 Å². The molecule has 2 aliphatic heterocycles. The number of rotatable bonds is 6. The molecule has 3 heterocycles. The van der Waals surface area contributed by atoms with E-state index in [4.69, 9.17) is 16.3 Å². The normalized spacial score (nSPS) is 29.2. The van der Waals surface area contributed by atoms with Crippen LogP contribution in [0.5, 0.6) is 0 Å². The summed E-state index contributed by atoms with van der Waals surface area (Å²) in [6.45, 7) is 3.10. The summed E-state index contributed by atoms with van der Waals surface area (Å²) in [4.78, 5) is 10.5. The van der Waals surface area contributed by atoms with Crippen molar-refractivity contribution in [1.29, 1.82) is 0 Å². The van der Waals surface area contributed by atoms with E-state index < -0.39 is 0 Å². The number of fused-ring (bicyclic) bond motifs is 2. The van der Waals surface area contributed by atoms with Crippen molar-refractivity contribution in [2.24, 2.45) is 0 Å². The van der Waals surface area contributed by atoms with E-state index in [2.05, 4.69) is 21.8 Å². The second kappa shape index (κ2) is 6.67. The first kappa shape index (κ1) is 15.3. The van der Waals surface area contributed by atoms with Gasteiger partial charge in [-0.25, -0.2) is 4.98 Å². The second-order valence-corrected chi connectivity index (χ2v) is 6.80. The number of nitrogens with one attached hydrogen (secondary N) is 1. The summed E-state index contributed by atoms with van der Waals surface area (Å²) in [5.74, 6) is 1.04. The number of imidazole rings is 1. The Kier molecular flexibility index (Phi) is 4.87. The molecule has 0 amide bonds. The van der Waals surface area contributed by atoms with E-state index in [1.807, 2.05) is 7.11 Å². The number of hydrogen-bond acceptors (Lipinski definition) is 3. The molecule has 2 aliphatic rings. The van der Waals surface area contributed by atoms with Crippen LogP contribution in [0.1, 0.15) is 57.0 Å². The quantitative estimate of drug-likeness (QED) is 0.873. The molecule has 1 unspecified atom stereocenters. The van der Waals surface area contributed by atoms with Crippen LogP contribution in [0.3, 0.4) is 0 Å². The molecule has 1 aromatic rings. The van der Waals surface area contributed by atoms with Crippen LogP contribution in [0.25, 0.3) is 0 Å². The van der Waals surface area contributed by atoms with Crippen LogP contribution in [0.15, 0.2) is 0 Å². The Balaban J connectivity index is 1.66. The predicted molar refractivity (Wildman–Crippen MR) is 84.6 cm³/mol. The van der Waals surface area contributed by atoms with Crippen molar-refractivity contribution in [2.45, 2.75) is 76.6 Å². The molecule has 5 heteroatoms. The molecule has 3 atom stereocenters. The largest absolute Gasteiger partial charge is 0.381 e. The highest BCUT2D eigenvalue weighted by atomic mass is 35.5. The molecular formula is C16H26ClN3O. The highest BCUT2D eigenvalue weighted by molar-refractivity contribution is 6.30. The Morgan fingerprint density at radius 3 is 2.67 bits per heavy atom. The van der Waals surface area contributed by atoms with Gasteiger partial charge < -0.3 is 9.72 Å². The van der Waals surface area contributed by atoms with Crippen molar-refractivity contribution in [3.05, 3.63) is 16.7 Å². The van der Waals surface area contributed by atoms with Crippen LogP contribution < -0.4 is 0 Å². The summed E-state index contributed by atoms with van der Waals surface area (Å²) in [6.07, 6.45) is 8.67. The third-order valence-electron chi connectivity index (χ3n) is 5.06. The third kappa shape index (κ3) is 3.27. The zero-order chi connectivity index (χ0) is 14.8. The fraction of sp³-hybridized carbons (Fsp3) is 0.812. The molecule has 4 nitrogen and oxygen atoms in total. The first-order chi connectivity index (χ1) is 10.2. The zero-order valence-electron chi connectivity index (χ0n) is 13.1. The van der Waals surface area contributed by atoms with E-state index in [-0.39, 0.29) is 0 Å². The maximum absolute atomic E-state index is 6.32. The van der Waals surface area contributed by atoms with Crippen molar-refractivity contribution in [3.8, 4) is 0 Å². The van der Waals surface area contributed by atoms with Gasteiger partial charge in [-0.3, -0.25) is 4.90 Å². The van der Waals surface area contributed by atoms with Gasteiger partial charge in [0.05, 0.1) is 11.8 Å². The van der Waals surface area contributed by atoms with Crippen LogP contribution in [-0.2, 0) is 17.7 Å². The second-order valence-electron chi connectivity index (χ2n) is 6.44. The Morgan fingerprint density at radius 2 is 2.05 bits per heavy atom. The number of aromatic amines is 1. The maximum atomic E-state index is 6.32. The summed E-state index contributed by atoms with van der Waals surface area (Å²) in [6, 6.07) is 1.29. The minimum absolute atomic E-state index is 0.441. The number of hydrogen-bond donors (Lipinski definition) is 1. The van der Waals surface area contributed by atoms with Gasteiger partial charge in [0.1, 0.15) is 5.82 Å². The number of unbranched alkanes of at least 4 members (excludes halogenated alkanes) is 1. The van der Waals surface area contributed by atoms with Gasteiger partial charge in [0, 0.05) is 32.2 Å². The van der Waals surface area contributed by atoms with E-state index in [1.165, 1.54) is 19.3 Å². The summed E-state index contributed by atoms with van der Waals surface area (Å²) in [7, 11) is 1.84. The summed E-state index contributed by atoms with van der Waals surface area (Å²) >= 11 is 6.32. The van der Waals surface area contributed by atoms with E-state index in [0.29, 0.717) is 23.3 Å². The summed E-state index contributed by atoms with van der Waals surface area (Å²) < 4.78 is 5.57. The molecule has 2 fully saturated rings. The van der Waals surface area contributed by atoms with E-state index in [0.717, 1.165) is 43.7 Å². The number of ether oxygens (including phenoxy) is 1. The van der Waals surface area contributed by atoms with Crippen LogP contribution >= 0.6 is 11.6 Å². The highest BCUT2D eigenvalue weighted by Gasteiger charge is 2.41. The zero-order valence-corrected chi connectivity index (χ0v) is 13.8. The van der Waals surface area contributed by atoms with Crippen molar-refractivity contribution >= 4 is 11.6 Å². The van der Waals surface area contributed by atoms with Crippen molar-refractivity contribution < 1.29 is 4.74 Å². The van der Waals surface area contributed by atoms with Gasteiger partial charge in [-0.1, -0.05) is 24.9 Å². The van der Waals surface area contributed by atoms with Crippen LogP contribution in [0, 0.1) is 0 Å². The molecule has 0 saturated carbocycles. The Labute approximate surface area is 132 Å². The van der Waals surface area contributed by atoms with Crippen molar-refractivity contribution in [1.82, 2.24) is 14.9 Å². The van der Waals surface area contributed by atoms with Gasteiger partial charge >= 0.3 is 0 Å². The minimum atomic E-state index is 0.441. The molecule has 3 rings (SSSR count). The number of halogens is 1. The standard InChI is InChI=1S/C16H26ClN3O/c1-3-4-5-15-18-14(16(17)19-15)10-20-11-6-7-12(20)9-13(8-11)21-2/h11-13H,3-10H2,1-2H3,(H,18,19)/t11-,12+,13?. The summed E-state index contributed by atoms with van der Waals surface area (Å²) in [5.41, 5.74) is 1.09. The predicted octanol–water partition coefficient (Wildman–Crippen LogP) is 3.55. The number of piperidine rings is 1. The molecular weight excluding hydrogens is 286 g/mol. The SMILES string of the molecule is CCCCc1nc(Cl)c(CN2[C@@H]3CC[C@H]2CC(OC)C3)[nH]1. The molecule has 118 valence electrons. The van der Waals surface area contributed by atoms with E-state index >= 15 is 0 Å². The monoisotopic (exact) mass is 311 g/mol. The van der Waals surface area contributed by atoms with Crippen LogP contribution in [-0.4, -0.2) is 40.2 Å². The molecule has 21 heavy (non-hydrogen) atoms. The Bertz CT molecular complexity index is 462. The number of aryl methyl sites for hydroxylation is 1. The number of methoxy groups -OCH3 is 1. The lowest BCUT2D eigenvalue weighted by atomic mass is 9.99. The molecule has 1 N–H and O–H groups in total. The Morgan fingerprint density at radius 1 is 1.33 bits per heavy atom. The van der Waals surface area contributed by atoms with Gasteiger partial charge in [0.25, 0.3) is 0 Å². The average molecular weight is 312 g/mol. The lowest BCUT2D eigenvalue weighted by molar-refractivity contribution is 0.00211. The lowest BCUT2D eigenvalue weighted by Gasteiger charge is -2.38. The van der Waals surface area contributed by atoms with Gasteiger partial charge in [0.15, 0.2) is 5.15 Å². The first-order valence-electron chi connectivity index (χ1n) is 8.23. The molecule has 1 aromatic heterocycles.